The molecule has 0 bridgehead atoms. The summed E-state index contributed by atoms with van der Waals surface area (Å²) in [6, 6.07) is 0. The summed E-state index contributed by atoms with van der Waals surface area (Å²) >= 11 is 0. The van der Waals surface area contributed by atoms with Crippen molar-refractivity contribution >= 4 is 11.8 Å². The van der Waals surface area contributed by atoms with E-state index in [0.717, 1.165) is 0 Å². The van der Waals surface area contributed by atoms with E-state index < -0.39 is 5.60 Å². The molecule has 5 nitrogen and oxygen atoms in total. The lowest BCUT2D eigenvalue weighted by molar-refractivity contribution is -0.127. The molecule has 2 atom stereocenters. The molecule has 2 unspecified atom stereocenters. The van der Waals surface area contributed by atoms with Crippen molar-refractivity contribution < 1.29 is 14.7 Å². The Morgan fingerprint density at radius 1 is 1.73 bits per heavy atom. The minimum Gasteiger partial charge on any atom is -0.388 e. The standard InChI is InChI=1S/C10H18N2O3/c1-3-10(2,15)6-12-9(14)7-4-8(13)11-5-7/h7,15H,3-6H2,1-2H3,(H,11,13)(H,12,14). The Kier molecular flexibility index (Phi) is 3.68. The number of nitrogens with one attached hydrogen (secondary N) is 2. The highest BCUT2D eigenvalue weighted by Gasteiger charge is 2.29. The van der Waals surface area contributed by atoms with Crippen LogP contribution >= 0.6 is 0 Å². The van der Waals surface area contributed by atoms with E-state index >= 15 is 0 Å². The smallest absolute Gasteiger partial charge is 0.225 e. The molecule has 2 amide bonds. The molecule has 1 aliphatic heterocycles. The van der Waals surface area contributed by atoms with Gasteiger partial charge in [-0.05, 0) is 13.3 Å². The third kappa shape index (κ3) is 3.51. The summed E-state index contributed by atoms with van der Waals surface area (Å²) in [5, 5.41) is 14.9. The number of amides is 2. The van der Waals surface area contributed by atoms with Gasteiger partial charge in [-0.3, -0.25) is 9.59 Å². The van der Waals surface area contributed by atoms with Crippen LogP contribution < -0.4 is 10.6 Å². The van der Waals surface area contributed by atoms with Crippen LogP contribution in [-0.2, 0) is 9.59 Å². The van der Waals surface area contributed by atoms with Crippen LogP contribution in [-0.4, -0.2) is 35.6 Å². The van der Waals surface area contributed by atoms with Gasteiger partial charge in [-0.1, -0.05) is 6.92 Å². The summed E-state index contributed by atoms with van der Waals surface area (Å²) in [5.41, 5.74) is -0.869. The zero-order chi connectivity index (χ0) is 11.5. The number of hydrogen-bond donors (Lipinski definition) is 3. The lowest BCUT2D eigenvalue weighted by Gasteiger charge is -2.22. The van der Waals surface area contributed by atoms with Gasteiger partial charge in [0.15, 0.2) is 0 Å². The predicted molar refractivity (Wildman–Crippen MR) is 55.0 cm³/mol. The van der Waals surface area contributed by atoms with Crippen LogP contribution in [0.3, 0.4) is 0 Å². The van der Waals surface area contributed by atoms with E-state index in [1.54, 1.807) is 6.92 Å². The first kappa shape index (κ1) is 12.0. The highest BCUT2D eigenvalue weighted by atomic mass is 16.3. The number of hydrogen-bond acceptors (Lipinski definition) is 3. The molecule has 0 aliphatic carbocycles. The Morgan fingerprint density at radius 2 is 2.40 bits per heavy atom. The normalized spacial score (nSPS) is 24.5. The van der Waals surface area contributed by atoms with E-state index in [0.29, 0.717) is 13.0 Å². The quantitative estimate of drug-likeness (QED) is 0.584. The van der Waals surface area contributed by atoms with E-state index in [1.165, 1.54) is 0 Å². The lowest BCUT2D eigenvalue weighted by Crippen LogP contribution is -2.42. The average molecular weight is 214 g/mol. The van der Waals surface area contributed by atoms with Gasteiger partial charge < -0.3 is 15.7 Å². The van der Waals surface area contributed by atoms with Gasteiger partial charge in [0.2, 0.25) is 11.8 Å². The molecule has 0 saturated carbocycles. The van der Waals surface area contributed by atoms with Crippen LogP contribution in [0, 0.1) is 5.92 Å². The summed E-state index contributed by atoms with van der Waals surface area (Å²) in [5.74, 6) is -0.537. The van der Waals surface area contributed by atoms with Crippen molar-refractivity contribution in [3.63, 3.8) is 0 Å². The van der Waals surface area contributed by atoms with Gasteiger partial charge in [-0.15, -0.1) is 0 Å². The van der Waals surface area contributed by atoms with Gasteiger partial charge in [-0.2, -0.15) is 0 Å². The number of aliphatic hydroxyl groups is 1. The van der Waals surface area contributed by atoms with E-state index in [1.807, 2.05) is 6.92 Å². The first-order chi connectivity index (χ1) is 6.94. The largest absolute Gasteiger partial charge is 0.388 e. The van der Waals surface area contributed by atoms with Crippen molar-refractivity contribution in [2.45, 2.75) is 32.3 Å². The van der Waals surface area contributed by atoms with E-state index in [9.17, 15) is 14.7 Å². The molecule has 3 N–H and O–H groups in total. The minimum absolute atomic E-state index is 0.0857. The van der Waals surface area contributed by atoms with Crippen molar-refractivity contribution in [2.75, 3.05) is 13.1 Å². The monoisotopic (exact) mass is 214 g/mol. The summed E-state index contributed by atoms with van der Waals surface area (Å²) in [7, 11) is 0. The third-order valence-corrected chi connectivity index (χ3v) is 2.75. The number of carbonyl (C=O) groups is 2. The average Bonchev–Trinajstić information content (AvgIpc) is 2.61. The second-order valence-electron chi connectivity index (χ2n) is 4.27. The summed E-state index contributed by atoms with van der Waals surface area (Å²) in [6.45, 7) is 4.16. The van der Waals surface area contributed by atoms with Gasteiger partial charge in [0.05, 0.1) is 11.5 Å². The van der Waals surface area contributed by atoms with Crippen LogP contribution in [0.1, 0.15) is 26.7 Å². The maximum atomic E-state index is 11.5. The first-order valence-electron chi connectivity index (χ1n) is 5.21. The predicted octanol–water partition coefficient (Wildman–Crippen LogP) is -0.600. The Morgan fingerprint density at radius 3 is 2.87 bits per heavy atom. The molecule has 0 aromatic heterocycles. The summed E-state index contributed by atoms with van der Waals surface area (Å²) < 4.78 is 0. The fraction of sp³-hybridized carbons (Fsp3) is 0.800. The SMILES string of the molecule is CCC(C)(O)CNC(=O)C1CNC(=O)C1. The molecule has 1 saturated heterocycles. The Labute approximate surface area is 89.2 Å². The molecule has 0 aromatic carbocycles. The van der Waals surface area contributed by atoms with Crippen molar-refractivity contribution in [1.82, 2.24) is 10.6 Å². The minimum atomic E-state index is -0.869. The molecule has 0 spiro atoms. The van der Waals surface area contributed by atoms with E-state index in [2.05, 4.69) is 10.6 Å². The highest BCUT2D eigenvalue weighted by Crippen LogP contribution is 2.10. The Hall–Kier alpha value is -1.10. The number of carbonyl (C=O) groups excluding carboxylic acids is 2. The maximum absolute atomic E-state index is 11.5. The van der Waals surface area contributed by atoms with Crippen LogP contribution in [0.4, 0.5) is 0 Å². The van der Waals surface area contributed by atoms with Crippen molar-refractivity contribution in [3.05, 3.63) is 0 Å². The second-order valence-corrected chi connectivity index (χ2v) is 4.27. The maximum Gasteiger partial charge on any atom is 0.225 e. The summed E-state index contributed by atoms with van der Waals surface area (Å²) in [4.78, 5) is 22.4. The van der Waals surface area contributed by atoms with E-state index in [-0.39, 0.29) is 30.7 Å². The zero-order valence-corrected chi connectivity index (χ0v) is 9.17. The van der Waals surface area contributed by atoms with Gasteiger partial charge in [0.1, 0.15) is 0 Å². The van der Waals surface area contributed by atoms with Crippen molar-refractivity contribution in [1.29, 1.82) is 0 Å². The Bertz CT molecular complexity index is 263. The van der Waals surface area contributed by atoms with Crippen LogP contribution in [0.15, 0.2) is 0 Å². The molecular formula is C10H18N2O3. The van der Waals surface area contributed by atoms with Crippen LogP contribution in [0.2, 0.25) is 0 Å². The molecule has 15 heavy (non-hydrogen) atoms. The molecule has 1 rings (SSSR count). The van der Waals surface area contributed by atoms with Crippen molar-refractivity contribution in [3.8, 4) is 0 Å². The molecule has 1 fully saturated rings. The zero-order valence-electron chi connectivity index (χ0n) is 9.17. The topological polar surface area (TPSA) is 78.4 Å². The molecule has 0 aromatic rings. The first-order valence-corrected chi connectivity index (χ1v) is 5.21. The second kappa shape index (κ2) is 4.61. The van der Waals surface area contributed by atoms with Crippen LogP contribution in [0.25, 0.3) is 0 Å². The fourth-order valence-electron chi connectivity index (χ4n) is 1.34. The fourth-order valence-corrected chi connectivity index (χ4v) is 1.34. The Balaban J connectivity index is 2.33. The lowest BCUT2D eigenvalue weighted by atomic mass is 10.0. The van der Waals surface area contributed by atoms with Crippen molar-refractivity contribution in [2.24, 2.45) is 5.92 Å². The van der Waals surface area contributed by atoms with Gasteiger partial charge in [0, 0.05) is 19.5 Å². The van der Waals surface area contributed by atoms with Gasteiger partial charge in [-0.25, -0.2) is 0 Å². The molecule has 86 valence electrons. The third-order valence-electron chi connectivity index (χ3n) is 2.75. The molecule has 1 aliphatic rings. The van der Waals surface area contributed by atoms with Gasteiger partial charge >= 0.3 is 0 Å². The molecule has 1 heterocycles. The van der Waals surface area contributed by atoms with Crippen LogP contribution in [0.5, 0.6) is 0 Å². The van der Waals surface area contributed by atoms with E-state index in [4.69, 9.17) is 0 Å². The molecular weight excluding hydrogens is 196 g/mol. The number of rotatable bonds is 4. The summed E-state index contributed by atoms with van der Waals surface area (Å²) in [6.07, 6.45) is 0.829. The molecule has 0 radical (unpaired) electrons. The van der Waals surface area contributed by atoms with Gasteiger partial charge in [0.25, 0.3) is 0 Å². The molecule has 5 heteroatoms. The highest BCUT2D eigenvalue weighted by molar-refractivity contribution is 5.89.